The monoisotopic (exact) mass is 349 g/mol. The molecule has 0 unspecified atom stereocenters. The van der Waals surface area contributed by atoms with Crippen LogP contribution in [0.15, 0.2) is 60.9 Å². The van der Waals surface area contributed by atoms with Gasteiger partial charge in [0.25, 0.3) is 0 Å². The van der Waals surface area contributed by atoms with E-state index in [1.54, 1.807) is 18.5 Å². The zero-order chi connectivity index (χ0) is 17.9. The number of imidazole rings is 1. The van der Waals surface area contributed by atoms with Crippen LogP contribution in [0.1, 0.15) is 47.3 Å². The molecular formula is C21H20FN3O. The number of nitrogens with zero attached hydrogens (tertiary/aromatic N) is 1. The van der Waals surface area contributed by atoms with Gasteiger partial charge < -0.3 is 10.3 Å². The van der Waals surface area contributed by atoms with E-state index in [4.69, 9.17) is 0 Å². The maximum absolute atomic E-state index is 13.3. The van der Waals surface area contributed by atoms with Gasteiger partial charge in [-0.05, 0) is 42.5 Å². The largest absolute Gasteiger partial charge is 0.348 e. The van der Waals surface area contributed by atoms with Crippen LogP contribution < -0.4 is 5.32 Å². The molecule has 0 spiro atoms. The Morgan fingerprint density at radius 1 is 1.12 bits per heavy atom. The van der Waals surface area contributed by atoms with Gasteiger partial charge in [-0.25, -0.2) is 9.37 Å². The van der Waals surface area contributed by atoms with E-state index in [0.29, 0.717) is 0 Å². The van der Waals surface area contributed by atoms with E-state index in [-0.39, 0.29) is 23.7 Å². The summed E-state index contributed by atoms with van der Waals surface area (Å²) in [5.74, 6) is -0.590. The van der Waals surface area contributed by atoms with Crippen molar-refractivity contribution in [1.29, 1.82) is 0 Å². The Kier molecular flexibility index (Phi) is 4.52. The van der Waals surface area contributed by atoms with Gasteiger partial charge in [0.1, 0.15) is 5.82 Å². The van der Waals surface area contributed by atoms with Crippen molar-refractivity contribution >= 4 is 5.91 Å². The summed E-state index contributed by atoms with van der Waals surface area (Å²) in [6.07, 6.45) is 4.33. The van der Waals surface area contributed by atoms with Crippen LogP contribution in [0.3, 0.4) is 0 Å². The average molecular weight is 349 g/mol. The molecule has 1 aromatic heterocycles. The van der Waals surface area contributed by atoms with Gasteiger partial charge in [-0.1, -0.05) is 42.5 Å². The van der Waals surface area contributed by atoms with Crippen LogP contribution >= 0.6 is 0 Å². The van der Waals surface area contributed by atoms with Crippen LogP contribution in [0, 0.1) is 5.82 Å². The zero-order valence-electron chi connectivity index (χ0n) is 14.3. The van der Waals surface area contributed by atoms with Gasteiger partial charge in [-0.15, -0.1) is 0 Å². The number of nitrogens with one attached hydrogen (secondary N) is 2. The predicted octanol–water partition coefficient (Wildman–Crippen LogP) is 3.87. The quantitative estimate of drug-likeness (QED) is 0.751. The first-order chi connectivity index (χ1) is 12.7. The van der Waals surface area contributed by atoms with Gasteiger partial charge in [0, 0.05) is 5.69 Å². The molecule has 1 heterocycles. The van der Waals surface area contributed by atoms with E-state index in [1.807, 2.05) is 30.3 Å². The highest BCUT2D eigenvalue weighted by molar-refractivity contribution is 5.84. The van der Waals surface area contributed by atoms with E-state index < -0.39 is 0 Å². The molecule has 0 bridgehead atoms. The van der Waals surface area contributed by atoms with Crippen molar-refractivity contribution in [3.8, 4) is 0 Å². The molecule has 2 N–H and O–H groups in total. The number of aromatic amines is 1. The maximum Gasteiger partial charge on any atom is 0.229 e. The third-order valence-electron chi connectivity index (χ3n) is 4.94. The number of halogens is 1. The third-order valence-corrected chi connectivity index (χ3v) is 4.94. The molecule has 132 valence electrons. The summed E-state index contributed by atoms with van der Waals surface area (Å²) in [5, 5.41) is 3.15. The van der Waals surface area contributed by atoms with E-state index in [2.05, 4.69) is 15.3 Å². The van der Waals surface area contributed by atoms with E-state index in [9.17, 15) is 9.18 Å². The summed E-state index contributed by atoms with van der Waals surface area (Å²) in [7, 11) is 0. The summed E-state index contributed by atoms with van der Waals surface area (Å²) in [4.78, 5) is 20.5. The fourth-order valence-electron chi connectivity index (χ4n) is 3.61. The highest BCUT2D eigenvalue weighted by Crippen LogP contribution is 2.31. The summed E-state index contributed by atoms with van der Waals surface area (Å²) in [6, 6.07) is 15.7. The van der Waals surface area contributed by atoms with Gasteiger partial charge in [-0.2, -0.15) is 0 Å². The van der Waals surface area contributed by atoms with Crippen LogP contribution in [-0.4, -0.2) is 15.9 Å². The minimum Gasteiger partial charge on any atom is -0.348 e. The SMILES string of the molecule is O=C(N[C@H](c1ccccc1)c1ccc(F)cc1)[C@@H]1CCCc2[nH]cnc21. The van der Waals surface area contributed by atoms with Crippen LogP contribution in [0.25, 0.3) is 0 Å². The molecule has 3 aromatic rings. The molecule has 1 aliphatic rings. The molecule has 0 saturated heterocycles. The summed E-state index contributed by atoms with van der Waals surface area (Å²) in [5.41, 5.74) is 3.71. The van der Waals surface area contributed by atoms with Crippen molar-refractivity contribution in [3.05, 3.63) is 89.3 Å². The lowest BCUT2D eigenvalue weighted by atomic mass is 9.88. The lowest BCUT2D eigenvalue weighted by Crippen LogP contribution is -2.35. The van der Waals surface area contributed by atoms with E-state index in [1.165, 1.54) is 12.1 Å². The van der Waals surface area contributed by atoms with Gasteiger partial charge in [0.2, 0.25) is 5.91 Å². The fourth-order valence-corrected chi connectivity index (χ4v) is 3.61. The normalized spacial score (nSPS) is 17.3. The summed E-state index contributed by atoms with van der Waals surface area (Å²) >= 11 is 0. The Bertz CT molecular complexity index is 889. The topological polar surface area (TPSA) is 57.8 Å². The first kappa shape index (κ1) is 16.5. The van der Waals surface area contributed by atoms with Gasteiger partial charge >= 0.3 is 0 Å². The Morgan fingerprint density at radius 2 is 1.85 bits per heavy atom. The number of carbonyl (C=O) groups is 1. The molecular weight excluding hydrogens is 329 g/mol. The van der Waals surface area contributed by atoms with E-state index >= 15 is 0 Å². The smallest absolute Gasteiger partial charge is 0.229 e. The standard InChI is InChI=1S/C21H20FN3O/c22-16-11-9-15(10-12-16)19(14-5-2-1-3-6-14)25-21(26)17-7-4-8-18-20(17)24-13-23-18/h1-3,5-6,9-13,17,19H,4,7-8H2,(H,23,24)(H,25,26)/t17-,19-/m1/s1. The summed E-state index contributed by atoms with van der Waals surface area (Å²) < 4.78 is 13.3. The highest BCUT2D eigenvalue weighted by atomic mass is 19.1. The number of amides is 1. The molecule has 2 aromatic carbocycles. The Hall–Kier alpha value is -2.95. The first-order valence-corrected chi connectivity index (χ1v) is 8.85. The number of aryl methyl sites for hydroxylation is 1. The number of fused-ring (bicyclic) bond motifs is 1. The molecule has 1 amide bonds. The number of aromatic nitrogens is 2. The molecule has 4 nitrogen and oxygen atoms in total. The second-order valence-electron chi connectivity index (χ2n) is 6.61. The molecule has 0 aliphatic heterocycles. The molecule has 0 fully saturated rings. The first-order valence-electron chi connectivity index (χ1n) is 8.85. The lowest BCUT2D eigenvalue weighted by molar-refractivity contribution is -0.123. The van der Waals surface area contributed by atoms with Crippen molar-refractivity contribution in [2.24, 2.45) is 0 Å². The average Bonchev–Trinajstić information content (AvgIpc) is 3.16. The number of H-pyrrole nitrogens is 1. The Morgan fingerprint density at radius 3 is 2.62 bits per heavy atom. The predicted molar refractivity (Wildman–Crippen MR) is 97.1 cm³/mol. The molecule has 4 rings (SSSR count). The number of hydrogen-bond acceptors (Lipinski definition) is 2. The molecule has 5 heteroatoms. The van der Waals surface area contributed by atoms with Gasteiger partial charge in [0.05, 0.1) is 24.0 Å². The van der Waals surface area contributed by atoms with E-state index in [0.717, 1.165) is 41.8 Å². The zero-order valence-corrected chi connectivity index (χ0v) is 14.3. The van der Waals surface area contributed by atoms with Crippen LogP contribution in [0.2, 0.25) is 0 Å². The second-order valence-corrected chi connectivity index (χ2v) is 6.61. The number of carbonyl (C=O) groups excluding carboxylic acids is 1. The third kappa shape index (κ3) is 3.25. The van der Waals surface area contributed by atoms with Crippen molar-refractivity contribution in [2.75, 3.05) is 0 Å². The van der Waals surface area contributed by atoms with Gasteiger partial charge in [0.15, 0.2) is 0 Å². The molecule has 0 saturated carbocycles. The van der Waals surface area contributed by atoms with Crippen LogP contribution in [0.5, 0.6) is 0 Å². The van der Waals surface area contributed by atoms with Crippen LogP contribution in [-0.2, 0) is 11.2 Å². The Balaban J connectivity index is 1.63. The van der Waals surface area contributed by atoms with Crippen LogP contribution in [0.4, 0.5) is 4.39 Å². The molecule has 1 aliphatic carbocycles. The summed E-state index contributed by atoms with van der Waals surface area (Å²) in [6.45, 7) is 0. The van der Waals surface area contributed by atoms with Crippen molar-refractivity contribution < 1.29 is 9.18 Å². The second kappa shape index (κ2) is 7.12. The molecule has 0 radical (unpaired) electrons. The minimum absolute atomic E-state index is 0.0452. The Labute approximate surface area is 151 Å². The highest BCUT2D eigenvalue weighted by Gasteiger charge is 2.30. The lowest BCUT2D eigenvalue weighted by Gasteiger charge is -2.25. The van der Waals surface area contributed by atoms with Crippen molar-refractivity contribution in [2.45, 2.75) is 31.2 Å². The molecule has 26 heavy (non-hydrogen) atoms. The van der Waals surface area contributed by atoms with Crippen molar-refractivity contribution in [1.82, 2.24) is 15.3 Å². The molecule has 2 atom stereocenters. The minimum atomic E-state index is -0.325. The number of rotatable bonds is 4. The fraction of sp³-hybridized carbons (Fsp3) is 0.238. The number of benzene rings is 2. The number of hydrogen-bond donors (Lipinski definition) is 2. The van der Waals surface area contributed by atoms with Crippen molar-refractivity contribution in [3.63, 3.8) is 0 Å². The maximum atomic E-state index is 13.3. The van der Waals surface area contributed by atoms with Gasteiger partial charge in [-0.3, -0.25) is 4.79 Å².